The average molecular weight is 232 g/mol. The first-order valence-electron chi connectivity index (χ1n) is 5.53. The molecule has 4 heteroatoms. The van der Waals surface area contributed by atoms with E-state index in [9.17, 15) is 0 Å². The van der Waals surface area contributed by atoms with Crippen LogP contribution in [0, 0.1) is 6.92 Å². The largest absolute Gasteiger partial charge is 0.481 e. The Bertz CT molecular complexity index is 480. The van der Waals surface area contributed by atoms with E-state index in [0.29, 0.717) is 19.0 Å². The fraction of sp³-hybridized carbons (Fsp3) is 0.308. The summed E-state index contributed by atoms with van der Waals surface area (Å²) in [5.41, 5.74) is 1.04. The van der Waals surface area contributed by atoms with Gasteiger partial charge in [-0.1, -0.05) is 6.07 Å². The molecule has 17 heavy (non-hydrogen) atoms. The standard InChI is InChI=1S/C13H16N2O2/c1-10-5-6-12(17-10)9-14-8-11-4-3-7-15-13(11)16-2/h3-7,14H,8-9H2,1-2H3. The molecule has 0 saturated heterocycles. The van der Waals surface area contributed by atoms with Gasteiger partial charge in [0, 0.05) is 18.3 Å². The maximum Gasteiger partial charge on any atom is 0.217 e. The smallest absolute Gasteiger partial charge is 0.217 e. The first-order chi connectivity index (χ1) is 8.29. The zero-order chi connectivity index (χ0) is 12.1. The molecular weight excluding hydrogens is 216 g/mol. The van der Waals surface area contributed by atoms with Gasteiger partial charge in [-0.25, -0.2) is 4.98 Å². The van der Waals surface area contributed by atoms with Gasteiger partial charge in [-0.2, -0.15) is 0 Å². The van der Waals surface area contributed by atoms with Gasteiger partial charge in [0.15, 0.2) is 0 Å². The van der Waals surface area contributed by atoms with Crippen LogP contribution in [0.4, 0.5) is 0 Å². The van der Waals surface area contributed by atoms with Crippen molar-refractivity contribution in [3.63, 3.8) is 0 Å². The van der Waals surface area contributed by atoms with E-state index in [1.807, 2.05) is 31.2 Å². The topological polar surface area (TPSA) is 47.3 Å². The lowest BCUT2D eigenvalue weighted by molar-refractivity contribution is 0.389. The number of hydrogen-bond acceptors (Lipinski definition) is 4. The summed E-state index contributed by atoms with van der Waals surface area (Å²) in [6.45, 7) is 3.34. The van der Waals surface area contributed by atoms with Gasteiger partial charge in [-0.05, 0) is 25.1 Å². The Morgan fingerprint density at radius 2 is 2.18 bits per heavy atom. The Balaban J connectivity index is 1.89. The van der Waals surface area contributed by atoms with Crippen molar-refractivity contribution in [2.24, 2.45) is 0 Å². The molecular formula is C13H16N2O2. The second-order valence-corrected chi connectivity index (χ2v) is 3.79. The van der Waals surface area contributed by atoms with Crippen molar-refractivity contribution < 1.29 is 9.15 Å². The Morgan fingerprint density at radius 1 is 1.29 bits per heavy atom. The minimum Gasteiger partial charge on any atom is -0.481 e. The quantitative estimate of drug-likeness (QED) is 0.859. The van der Waals surface area contributed by atoms with Gasteiger partial charge in [0.25, 0.3) is 0 Å². The van der Waals surface area contributed by atoms with E-state index < -0.39 is 0 Å². The molecule has 0 bridgehead atoms. The van der Waals surface area contributed by atoms with Gasteiger partial charge >= 0.3 is 0 Å². The first-order valence-corrected chi connectivity index (χ1v) is 5.53. The molecule has 90 valence electrons. The summed E-state index contributed by atoms with van der Waals surface area (Å²) < 4.78 is 10.6. The summed E-state index contributed by atoms with van der Waals surface area (Å²) in [6.07, 6.45) is 1.72. The molecule has 0 saturated carbocycles. The van der Waals surface area contributed by atoms with Crippen LogP contribution in [0.1, 0.15) is 17.1 Å². The van der Waals surface area contributed by atoms with E-state index in [4.69, 9.17) is 9.15 Å². The number of rotatable bonds is 5. The van der Waals surface area contributed by atoms with Crippen molar-refractivity contribution in [2.75, 3.05) is 7.11 Å². The first kappa shape index (κ1) is 11.7. The van der Waals surface area contributed by atoms with Gasteiger partial charge in [-0.15, -0.1) is 0 Å². The van der Waals surface area contributed by atoms with E-state index in [-0.39, 0.29) is 0 Å². The zero-order valence-electron chi connectivity index (χ0n) is 10.1. The average Bonchev–Trinajstić information content (AvgIpc) is 2.76. The number of ether oxygens (including phenoxy) is 1. The molecule has 0 fully saturated rings. The molecule has 0 aromatic carbocycles. The van der Waals surface area contributed by atoms with Gasteiger partial charge in [0.1, 0.15) is 11.5 Å². The number of pyridine rings is 1. The van der Waals surface area contributed by atoms with Crippen molar-refractivity contribution in [1.82, 2.24) is 10.3 Å². The van der Waals surface area contributed by atoms with Gasteiger partial charge in [-0.3, -0.25) is 0 Å². The van der Waals surface area contributed by atoms with Crippen LogP contribution in [0.3, 0.4) is 0 Å². The summed E-state index contributed by atoms with van der Waals surface area (Å²) >= 11 is 0. The monoisotopic (exact) mass is 232 g/mol. The molecule has 0 radical (unpaired) electrons. The fourth-order valence-corrected chi connectivity index (χ4v) is 1.64. The van der Waals surface area contributed by atoms with E-state index in [0.717, 1.165) is 17.1 Å². The lowest BCUT2D eigenvalue weighted by atomic mass is 10.2. The van der Waals surface area contributed by atoms with Crippen molar-refractivity contribution in [2.45, 2.75) is 20.0 Å². The Labute approximate surface area is 101 Å². The molecule has 0 amide bonds. The zero-order valence-corrected chi connectivity index (χ0v) is 10.1. The number of aryl methyl sites for hydroxylation is 1. The minimum absolute atomic E-state index is 0.663. The second-order valence-electron chi connectivity index (χ2n) is 3.79. The Hall–Kier alpha value is -1.81. The van der Waals surface area contributed by atoms with E-state index in [1.54, 1.807) is 13.3 Å². The summed E-state index contributed by atoms with van der Waals surface area (Å²) in [7, 11) is 1.63. The maximum atomic E-state index is 5.47. The molecule has 4 nitrogen and oxygen atoms in total. The van der Waals surface area contributed by atoms with Crippen LogP contribution in [0.15, 0.2) is 34.9 Å². The van der Waals surface area contributed by atoms with Gasteiger partial charge in [0.2, 0.25) is 5.88 Å². The Kier molecular flexibility index (Phi) is 3.77. The predicted octanol–water partition coefficient (Wildman–Crippen LogP) is 2.28. The molecule has 1 N–H and O–H groups in total. The molecule has 0 aliphatic rings. The highest BCUT2D eigenvalue weighted by Gasteiger charge is 2.03. The predicted molar refractivity (Wildman–Crippen MR) is 64.8 cm³/mol. The SMILES string of the molecule is COc1ncccc1CNCc1ccc(C)o1. The number of nitrogens with zero attached hydrogens (tertiary/aromatic N) is 1. The molecule has 0 aliphatic carbocycles. The number of methoxy groups -OCH3 is 1. The van der Waals surface area contributed by atoms with Gasteiger partial charge in [0.05, 0.1) is 13.7 Å². The summed E-state index contributed by atoms with van der Waals surface area (Å²) in [4.78, 5) is 4.14. The second kappa shape index (κ2) is 5.50. The highest BCUT2D eigenvalue weighted by molar-refractivity contribution is 5.25. The molecule has 2 aromatic rings. The van der Waals surface area contributed by atoms with Crippen LogP contribution < -0.4 is 10.1 Å². The summed E-state index contributed by atoms with van der Waals surface area (Å²) in [5.74, 6) is 2.53. The summed E-state index contributed by atoms with van der Waals surface area (Å²) in [6, 6.07) is 7.83. The van der Waals surface area contributed by atoms with Crippen LogP contribution in [0.2, 0.25) is 0 Å². The molecule has 0 spiro atoms. The molecule has 0 aliphatic heterocycles. The molecule has 2 rings (SSSR count). The van der Waals surface area contributed by atoms with Crippen LogP contribution in [0.5, 0.6) is 5.88 Å². The Morgan fingerprint density at radius 3 is 2.88 bits per heavy atom. The summed E-state index contributed by atoms with van der Waals surface area (Å²) in [5, 5.41) is 3.29. The third-order valence-electron chi connectivity index (χ3n) is 2.45. The van der Waals surface area contributed by atoms with Crippen molar-refractivity contribution in [3.8, 4) is 5.88 Å². The molecule has 0 atom stereocenters. The molecule has 2 aromatic heterocycles. The lowest BCUT2D eigenvalue weighted by Gasteiger charge is -2.07. The lowest BCUT2D eigenvalue weighted by Crippen LogP contribution is -2.13. The normalized spacial score (nSPS) is 10.5. The highest BCUT2D eigenvalue weighted by atomic mass is 16.5. The fourth-order valence-electron chi connectivity index (χ4n) is 1.64. The molecule has 2 heterocycles. The van der Waals surface area contributed by atoms with Gasteiger partial charge < -0.3 is 14.5 Å². The number of nitrogens with one attached hydrogen (secondary N) is 1. The third-order valence-corrected chi connectivity index (χ3v) is 2.45. The van der Waals surface area contributed by atoms with E-state index in [1.165, 1.54) is 0 Å². The number of hydrogen-bond donors (Lipinski definition) is 1. The van der Waals surface area contributed by atoms with Crippen LogP contribution in [0.25, 0.3) is 0 Å². The van der Waals surface area contributed by atoms with Crippen molar-refractivity contribution in [1.29, 1.82) is 0 Å². The van der Waals surface area contributed by atoms with Crippen LogP contribution >= 0.6 is 0 Å². The van der Waals surface area contributed by atoms with Crippen LogP contribution in [-0.2, 0) is 13.1 Å². The van der Waals surface area contributed by atoms with E-state index >= 15 is 0 Å². The third kappa shape index (κ3) is 3.07. The molecule has 0 unspecified atom stereocenters. The maximum absolute atomic E-state index is 5.47. The highest BCUT2D eigenvalue weighted by Crippen LogP contribution is 2.13. The number of furan rings is 1. The van der Waals surface area contributed by atoms with E-state index in [2.05, 4.69) is 10.3 Å². The van der Waals surface area contributed by atoms with Crippen LogP contribution in [-0.4, -0.2) is 12.1 Å². The minimum atomic E-state index is 0.663. The van der Waals surface area contributed by atoms with Crippen molar-refractivity contribution in [3.05, 3.63) is 47.5 Å². The van der Waals surface area contributed by atoms with Crippen molar-refractivity contribution >= 4 is 0 Å². The number of aromatic nitrogens is 1.